The number of hydrogen-bond donors (Lipinski definition) is 3. The molecular weight excluding hydrogens is 314 g/mol. The van der Waals surface area contributed by atoms with E-state index in [4.69, 9.17) is 0 Å². The van der Waals surface area contributed by atoms with Crippen LogP contribution in [0.2, 0.25) is 0 Å². The summed E-state index contributed by atoms with van der Waals surface area (Å²) in [4.78, 5) is 15.6. The predicted octanol–water partition coefficient (Wildman–Crippen LogP) is 2.43. The molecule has 0 saturated carbocycles. The van der Waals surface area contributed by atoms with Crippen LogP contribution >= 0.6 is 11.3 Å². The van der Waals surface area contributed by atoms with Gasteiger partial charge in [-0.1, -0.05) is 6.07 Å². The van der Waals surface area contributed by atoms with Crippen molar-refractivity contribution >= 4 is 28.7 Å². The molecule has 0 bridgehead atoms. The Morgan fingerprint density at radius 2 is 2.00 bits per heavy atom. The van der Waals surface area contributed by atoms with Crippen LogP contribution in [-0.4, -0.2) is 31.0 Å². The fourth-order valence-corrected chi connectivity index (χ4v) is 2.54. The van der Waals surface area contributed by atoms with E-state index < -0.39 is 4.92 Å². The van der Waals surface area contributed by atoms with Crippen LogP contribution in [0.4, 0.5) is 11.4 Å². The summed E-state index contributed by atoms with van der Waals surface area (Å²) in [6.45, 7) is 2.10. The van der Waals surface area contributed by atoms with Gasteiger partial charge in [-0.05, 0) is 23.6 Å². The smallest absolute Gasteiger partial charge is 0.269 e. The largest absolute Gasteiger partial charge is 0.383 e. The van der Waals surface area contributed by atoms with E-state index in [0.717, 1.165) is 18.2 Å². The minimum Gasteiger partial charge on any atom is -0.383 e. The minimum atomic E-state index is -0.408. The monoisotopic (exact) mass is 333 g/mol. The van der Waals surface area contributed by atoms with E-state index in [0.29, 0.717) is 13.1 Å². The van der Waals surface area contributed by atoms with Gasteiger partial charge in [0.15, 0.2) is 5.96 Å². The van der Waals surface area contributed by atoms with Gasteiger partial charge >= 0.3 is 0 Å². The molecule has 0 amide bonds. The standard InChI is InChI=1S/C15H19N5O2S/c1-16-15(19-11-14-3-2-10-23-14)18-9-8-17-12-4-6-13(7-5-12)20(21)22/h2-7,10,17H,8-9,11H2,1H3,(H2,16,18,19). The Hall–Kier alpha value is -2.61. The summed E-state index contributed by atoms with van der Waals surface area (Å²) in [6, 6.07) is 10.5. The molecular formula is C15H19N5O2S. The van der Waals surface area contributed by atoms with Gasteiger partial charge in [-0.15, -0.1) is 11.3 Å². The number of rotatable bonds is 7. The van der Waals surface area contributed by atoms with Gasteiger partial charge < -0.3 is 16.0 Å². The zero-order chi connectivity index (χ0) is 16.5. The molecule has 8 heteroatoms. The lowest BCUT2D eigenvalue weighted by Crippen LogP contribution is -2.39. The summed E-state index contributed by atoms with van der Waals surface area (Å²) in [5, 5.41) is 22.3. The number of non-ortho nitro benzene ring substituents is 1. The van der Waals surface area contributed by atoms with Crippen LogP contribution in [0.1, 0.15) is 4.88 Å². The number of benzene rings is 1. The molecule has 3 N–H and O–H groups in total. The zero-order valence-corrected chi connectivity index (χ0v) is 13.6. The molecule has 0 fully saturated rings. The highest BCUT2D eigenvalue weighted by Crippen LogP contribution is 2.14. The van der Waals surface area contributed by atoms with Crippen LogP contribution in [0, 0.1) is 10.1 Å². The first kappa shape index (κ1) is 16.8. The third-order valence-corrected chi connectivity index (χ3v) is 3.93. The topological polar surface area (TPSA) is 91.6 Å². The molecule has 1 aromatic carbocycles. The van der Waals surface area contributed by atoms with Gasteiger partial charge in [0.1, 0.15) is 0 Å². The van der Waals surface area contributed by atoms with Crippen molar-refractivity contribution in [3.8, 4) is 0 Å². The fourth-order valence-electron chi connectivity index (χ4n) is 1.89. The highest BCUT2D eigenvalue weighted by Gasteiger charge is 2.03. The molecule has 2 rings (SSSR count). The van der Waals surface area contributed by atoms with Crippen molar-refractivity contribution in [2.24, 2.45) is 4.99 Å². The highest BCUT2D eigenvalue weighted by molar-refractivity contribution is 7.09. The second-order valence-electron chi connectivity index (χ2n) is 4.66. The average Bonchev–Trinajstić information content (AvgIpc) is 3.08. The summed E-state index contributed by atoms with van der Waals surface area (Å²) in [5.41, 5.74) is 0.936. The average molecular weight is 333 g/mol. The molecule has 0 atom stereocenters. The summed E-state index contributed by atoms with van der Waals surface area (Å²) >= 11 is 1.70. The Kier molecular flexibility index (Phi) is 6.37. The lowest BCUT2D eigenvalue weighted by atomic mass is 10.3. The van der Waals surface area contributed by atoms with Crippen molar-refractivity contribution in [2.75, 3.05) is 25.5 Å². The van der Waals surface area contributed by atoms with E-state index >= 15 is 0 Å². The zero-order valence-electron chi connectivity index (χ0n) is 12.8. The van der Waals surface area contributed by atoms with E-state index in [1.807, 2.05) is 11.4 Å². The second kappa shape index (κ2) is 8.74. The van der Waals surface area contributed by atoms with E-state index in [-0.39, 0.29) is 5.69 Å². The number of anilines is 1. The highest BCUT2D eigenvalue weighted by atomic mass is 32.1. The number of guanidine groups is 1. The Balaban J connectivity index is 1.68. The second-order valence-corrected chi connectivity index (χ2v) is 5.69. The number of nitrogens with zero attached hydrogens (tertiary/aromatic N) is 2. The fraction of sp³-hybridized carbons (Fsp3) is 0.267. The number of nitro benzene ring substituents is 1. The normalized spacial score (nSPS) is 11.1. The minimum absolute atomic E-state index is 0.0897. The molecule has 1 heterocycles. The molecule has 0 aliphatic heterocycles. The Bertz CT molecular complexity index is 640. The van der Waals surface area contributed by atoms with Crippen LogP contribution in [0.25, 0.3) is 0 Å². The Morgan fingerprint density at radius 1 is 1.22 bits per heavy atom. The maximum Gasteiger partial charge on any atom is 0.269 e. The van der Waals surface area contributed by atoms with Crippen LogP contribution in [-0.2, 0) is 6.54 Å². The van der Waals surface area contributed by atoms with Gasteiger partial charge in [0.05, 0.1) is 11.5 Å². The van der Waals surface area contributed by atoms with Crippen LogP contribution < -0.4 is 16.0 Å². The summed E-state index contributed by atoms with van der Waals surface area (Å²) < 4.78 is 0. The van der Waals surface area contributed by atoms with Crippen molar-refractivity contribution in [3.63, 3.8) is 0 Å². The van der Waals surface area contributed by atoms with E-state index in [2.05, 4.69) is 27.0 Å². The number of nitro groups is 1. The lowest BCUT2D eigenvalue weighted by molar-refractivity contribution is -0.384. The molecule has 0 aliphatic rings. The quantitative estimate of drug-likeness (QED) is 0.238. The van der Waals surface area contributed by atoms with Gasteiger partial charge in [-0.2, -0.15) is 0 Å². The first-order valence-electron chi connectivity index (χ1n) is 7.14. The van der Waals surface area contributed by atoms with Gasteiger partial charge in [0, 0.05) is 42.8 Å². The van der Waals surface area contributed by atoms with E-state index in [1.54, 1.807) is 30.5 Å². The predicted molar refractivity (Wildman–Crippen MR) is 94.1 cm³/mol. The molecule has 0 unspecified atom stereocenters. The molecule has 122 valence electrons. The molecule has 0 spiro atoms. The SMILES string of the molecule is CN=C(NCCNc1ccc([N+](=O)[O-])cc1)NCc1cccs1. The van der Waals surface area contributed by atoms with Crippen molar-refractivity contribution in [3.05, 3.63) is 56.8 Å². The van der Waals surface area contributed by atoms with Gasteiger partial charge in [-0.25, -0.2) is 0 Å². The molecule has 1 aromatic heterocycles. The van der Waals surface area contributed by atoms with Crippen molar-refractivity contribution in [1.29, 1.82) is 0 Å². The van der Waals surface area contributed by atoms with E-state index in [1.165, 1.54) is 17.0 Å². The lowest BCUT2D eigenvalue weighted by Gasteiger charge is -2.12. The van der Waals surface area contributed by atoms with Crippen molar-refractivity contribution < 1.29 is 4.92 Å². The molecule has 7 nitrogen and oxygen atoms in total. The molecule has 0 saturated heterocycles. The number of aliphatic imine (C=N–C) groups is 1. The summed E-state index contributed by atoms with van der Waals surface area (Å²) in [6.07, 6.45) is 0. The van der Waals surface area contributed by atoms with Crippen LogP contribution in [0.3, 0.4) is 0 Å². The number of thiophene rings is 1. The Morgan fingerprint density at radius 3 is 2.61 bits per heavy atom. The molecule has 2 aromatic rings. The maximum atomic E-state index is 10.6. The summed E-state index contributed by atoms with van der Waals surface area (Å²) in [7, 11) is 1.73. The maximum absolute atomic E-state index is 10.6. The molecule has 0 radical (unpaired) electrons. The first-order valence-corrected chi connectivity index (χ1v) is 8.02. The van der Waals surface area contributed by atoms with Gasteiger partial charge in [0.25, 0.3) is 5.69 Å². The molecule has 23 heavy (non-hydrogen) atoms. The Labute approximate surface area is 138 Å². The van der Waals surface area contributed by atoms with E-state index in [9.17, 15) is 10.1 Å². The third kappa shape index (κ3) is 5.59. The van der Waals surface area contributed by atoms with Gasteiger partial charge in [-0.3, -0.25) is 15.1 Å². The molecule has 0 aliphatic carbocycles. The van der Waals surface area contributed by atoms with Gasteiger partial charge in [0.2, 0.25) is 0 Å². The van der Waals surface area contributed by atoms with Crippen molar-refractivity contribution in [1.82, 2.24) is 10.6 Å². The van der Waals surface area contributed by atoms with Crippen LogP contribution in [0.15, 0.2) is 46.8 Å². The van der Waals surface area contributed by atoms with Crippen molar-refractivity contribution in [2.45, 2.75) is 6.54 Å². The third-order valence-electron chi connectivity index (χ3n) is 3.06. The number of nitrogens with one attached hydrogen (secondary N) is 3. The van der Waals surface area contributed by atoms with Crippen LogP contribution in [0.5, 0.6) is 0 Å². The number of hydrogen-bond acceptors (Lipinski definition) is 5. The first-order chi connectivity index (χ1) is 11.2. The summed E-state index contributed by atoms with van der Waals surface area (Å²) in [5.74, 6) is 0.740.